The first-order chi connectivity index (χ1) is 10.7. The number of rotatable bonds is 7. The summed E-state index contributed by atoms with van der Waals surface area (Å²) in [6, 6.07) is 7.77. The van der Waals surface area contributed by atoms with Crippen LogP contribution in [0.3, 0.4) is 0 Å². The molecule has 2 rings (SSSR count). The maximum Gasteiger partial charge on any atom is 0.240 e. The lowest BCUT2D eigenvalue weighted by Crippen LogP contribution is -2.45. The van der Waals surface area contributed by atoms with Crippen LogP contribution in [-0.2, 0) is 11.3 Å². The molecule has 1 aliphatic heterocycles. The summed E-state index contributed by atoms with van der Waals surface area (Å²) < 4.78 is 5.39. The van der Waals surface area contributed by atoms with E-state index in [-0.39, 0.29) is 11.9 Å². The van der Waals surface area contributed by atoms with E-state index in [1.807, 2.05) is 36.1 Å². The molecule has 0 saturated carbocycles. The topological polar surface area (TPSA) is 32.8 Å². The highest BCUT2D eigenvalue weighted by Crippen LogP contribution is 2.21. The molecular weight excluding hydrogens is 276 g/mol. The van der Waals surface area contributed by atoms with Crippen LogP contribution < -0.4 is 4.74 Å². The third-order valence-electron chi connectivity index (χ3n) is 4.26. The molecule has 0 N–H and O–H groups in total. The second kappa shape index (κ2) is 7.99. The van der Waals surface area contributed by atoms with Crippen molar-refractivity contribution in [1.29, 1.82) is 0 Å². The molecule has 1 amide bonds. The van der Waals surface area contributed by atoms with Crippen molar-refractivity contribution in [3.05, 3.63) is 42.5 Å². The van der Waals surface area contributed by atoms with E-state index in [1.165, 1.54) is 12.8 Å². The minimum atomic E-state index is -0.0721. The van der Waals surface area contributed by atoms with Crippen LogP contribution in [0.15, 0.2) is 36.9 Å². The predicted molar refractivity (Wildman–Crippen MR) is 88.9 cm³/mol. The summed E-state index contributed by atoms with van der Waals surface area (Å²) in [6.45, 7) is 8.93. The molecule has 1 heterocycles. The van der Waals surface area contributed by atoms with Gasteiger partial charge in [0.2, 0.25) is 5.91 Å². The Morgan fingerprint density at radius 1 is 1.41 bits per heavy atom. The van der Waals surface area contributed by atoms with E-state index in [0.29, 0.717) is 13.1 Å². The van der Waals surface area contributed by atoms with Crippen LogP contribution >= 0.6 is 0 Å². The van der Waals surface area contributed by atoms with Gasteiger partial charge in [0.05, 0.1) is 13.2 Å². The number of hydrogen-bond donors (Lipinski definition) is 0. The predicted octanol–water partition coefficient (Wildman–Crippen LogP) is 2.69. The Kier molecular flexibility index (Phi) is 6.01. The van der Waals surface area contributed by atoms with Crippen LogP contribution in [0, 0.1) is 0 Å². The summed E-state index contributed by atoms with van der Waals surface area (Å²) in [5.74, 6) is 0.978. The molecule has 1 atom stereocenters. The molecule has 1 saturated heterocycles. The number of ether oxygens (including phenoxy) is 1. The van der Waals surface area contributed by atoms with E-state index >= 15 is 0 Å². The van der Waals surface area contributed by atoms with Crippen LogP contribution in [-0.4, -0.2) is 48.5 Å². The molecule has 0 aliphatic carbocycles. The van der Waals surface area contributed by atoms with Gasteiger partial charge in [-0.3, -0.25) is 9.69 Å². The highest BCUT2D eigenvalue weighted by molar-refractivity contribution is 5.81. The van der Waals surface area contributed by atoms with Crippen molar-refractivity contribution < 1.29 is 9.53 Å². The SMILES string of the molecule is C=CCN(Cc1ccccc1OC)C(=O)[C@H](C)N1CCCC1. The molecule has 0 unspecified atom stereocenters. The summed E-state index contributed by atoms with van der Waals surface area (Å²) in [7, 11) is 1.66. The summed E-state index contributed by atoms with van der Waals surface area (Å²) in [4.78, 5) is 16.9. The van der Waals surface area contributed by atoms with Crippen LogP contribution in [0.25, 0.3) is 0 Å². The van der Waals surface area contributed by atoms with E-state index < -0.39 is 0 Å². The fourth-order valence-corrected chi connectivity index (χ4v) is 2.98. The summed E-state index contributed by atoms with van der Waals surface area (Å²) in [6.07, 6.45) is 4.15. The Balaban J connectivity index is 2.11. The van der Waals surface area contributed by atoms with Crippen molar-refractivity contribution in [3.63, 3.8) is 0 Å². The lowest BCUT2D eigenvalue weighted by Gasteiger charge is -2.30. The number of carbonyl (C=O) groups excluding carboxylic acids is 1. The van der Waals surface area contributed by atoms with Crippen molar-refractivity contribution in [1.82, 2.24) is 9.80 Å². The molecular formula is C18H26N2O2. The highest BCUT2D eigenvalue weighted by Gasteiger charge is 2.27. The zero-order chi connectivity index (χ0) is 15.9. The van der Waals surface area contributed by atoms with Gasteiger partial charge in [0.15, 0.2) is 0 Å². The molecule has 1 aromatic rings. The Hall–Kier alpha value is -1.81. The third-order valence-corrected chi connectivity index (χ3v) is 4.26. The fraction of sp³-hybridized carbons (Fsp3) is 0.500. The van der Waals surface area contributed by atoms with Gasteiger partial charge in [0.1, 0.15) is 5.75 Å². The standard InChI is InChI=1S/C18H26N2O2/c1-4-11-20(14-16-9-5-6-10-17(16)22-3)18(21)15(2)19-12-7-8-13-19/h4-6,9-10,15H,1,7-8,11-14H2,2-3H3/t15-/m0/s1. The van der Waals surface area contributed by atoms with Crippen LogP contribution in [0.4, 0.5) is 0 Å². The number of methoxy groups -OCH3 is 1. The first-order valence-corrected chi connectivity index (χ1v) is 7.93. The van der Waals surface area contributed by atoms with Crippen LogP contribution in [0.1, 0.15) is 25.3 Å². The quantitative estimate of drug-likeness (QED) is 0.726. The van der Waals surface area contributed by atoms with Crippen molar-refractivity contribution >= 4 is 5.91 Å². The molecule has 1 aromatic carbocycles. The zero-order valence-electron chi connectivity index (χ0n) is 13.6. The Bertz CT molecular complexity index is 510. The van der Waals surface area contributed by atoms with Crippen molar-refractivity contribution in [3.8, 4) is 5.75 Å². The molecule has 1 aliphatic rings. The summed E-state index contributed by atoms with van der Waals surface area (Å²) in [5, 5.41) is 0. The van der Waals surface area contributed by atoms with Gasteiger partial charge in [-0.2, -0.15) is 0 Å². The Labute approximate surface area is 133 Å². The maximum atomic E-state index is 12.8. The van der Waals surface area contributed by atoms with Gasteiger partial charge in [0, 0.05) is 18.7 Å². The maximum absolute atomic E-state index is 12.8. The van der Waals surface area contributed by atoms with E-state index in [4.69, 9.17) is 4.74 Å². The number of amides is 1. The first kappa shape index (κ1) is 16.6. The number of benzene rings is 1. The van der Waals surface area contributed by atoms with Crippen LogP contribution in [0.5, 0.6) is 5.75 Å². The minimum Gasteiger partial charge on any atom is -0.496 e. The third kappa shape index (κ3) is 3.89. The molecule has 22 heavy (non-hydrogen) atoms. The normalized spacial score (nSPS) is 16.3. The van der Waals surface area contributed by atoms with Gasteiger partial charge in [-0.15, -0.1) is 6.58 Å². The van der Waals surface area contributed by atoms with Gasteiger partial charge >= 0.3 is 0 Å². The average molecular weight is 302 g/mol. The highest BCUT2D eigenvalue weighted by atomic mass is 16.5. The lowest BCUT2D eigenvalue weighted by atomic mass is 10.1. The van der Waals surface area contributed by atoms with Crippen molar-refractivity contribution in [2.45, 2.75) is 32.4 Å². The molecule has 120 valence electrons. The van der Waals surface area contributed by atoms with Crippen molar-refractivity contribution in [2.75, 3.05) is 26.7 Å². The van der Waals surface area contributed by atoms with Crippen molar-refractivity contribution in [2.24, 2.45) is 0 Å². The largest absolute Gasteiger partial charge is 0.496 e. The average Bonchev–Trinajstić information content (AvgIpc) is 3.08. The lowest BCUT2D eigenvalue weighted by molar-refractivity contribution is -0.136. The molecule has 0 radical (unpaired) electrons. The van der Waals surface area contributed by atoms with Crippen LogP contribution in [0.2, 0.25) is 0 Å². The molecule has 0 aromatic heterocycles. The number of carbonyl (C=O) groups is 1. The zero-order valence-corrected chi connectivity index (χ0v) is 13.6. The second-order valence-electron chi connectivity index (χ2n) is 5.74. The van der Waals surface area contributed by atoms with E-state index in [1.54, 1.807) is 13.2 Å². The van der Waals surface area contributed by atoms with E-state index in [9.17, 15) is 4.79 Å². The molecule has 0 bridgehead atoms. The number of nitrogens with zero attached hydrogens (tertiary/aromatic N) is 2. The van der Waals surface area contributed by atoms with Gasteiger partial charge < -0.3 is 9.64 Å². The van der Waals surface area contributed by atoms with Gasteiger partial charge in [-0.1, -0.05) is 24.3 Å². The summed E-state index contributed by atoms with van der Waals surface area (Å²) in [5.41, 5.74) is 1.02. The molecule has 1 fully saturated rings. The number of hydrogen-bond acceptors (Lipinski definition) is 3. The molecule has 0 spiro atoms. The minimum absolute atomic E-state index is 0.0721. The monoisotopic (exact) mass is 302 g/mol. The van der Waals surface area contributed by atoms with Gasteiger partial charge in [0.25, 0.3) is 0 Å². The first-order valence-electron chi connectivity index (χ1n) is 7.93. The Morgan fingerprint density at radius 2 is 2.09 bits per heavy atom. The molecule has 4 heteroatoms. The fourth-order valence-electron chi connectivity index (χ4n) is 2.98. The Morgan fingerprint density at radius 3 is 2.73 bits per heavy atom. The van der Waals surface area contributed by atoms with Gasteiger partial charge in [-0.25, -0.2) is 0 Å². The number of para-hydroxylation sites is 1. The smallest absolute Gasteiger partial charge is 0.240 e. The molecule has 4 nitrogen and oxygen atoms in total. The van der Waals surface area contributed by atoms with E-state index in [0.717, 1.165) is 24.4 Å². The summed E-state index contributed by atoms with van der Waals surface area (Å²) >= 11 is 0. The van der Waals surface area contributed by atoms with Gasteiger partial charge in [-0.05, 0) is 38.9 Å². The van der Waals surface area contributed by atoms with E-state index in [2.05, 4.69) is 11.5 Å². The second-order valence-corrected chi connectivity index (χ2v) is 5.74. The number of likely N-dealkylation sites (tertiary alicyclic amines) is 1.